The van der Waals surface area contributed by atoms with Crippen LogP contribution in [0.25, 0.3) is 0 Å². The fourth-order valence-electron chi connectivity index (χ4n) is 0.206. The van der Waals surface area contributed by atoms with Gasteiger partial charge in [0.25, 0.3) is 0 Å². The van der Waals surface area contributed by atoms with Crippen molar-refractivity contribution in [2.45, 2.75) is 19.1 Å². The van der Waals surface area contributed by atoms with Crippen LogP contribution < -0.4 is 5.73 Å². The second-order valence-corrected chi connectivity index (χ2v) is 1.60. The summed E-state index contributed by atoms with van der Waals surface area (Å²) in [7, 11) is 0. The Kier molecular flexibility index (Phi) is 16.4. The molecule has 0 aromatic rings. The Bertz CT molecular complexity index is 101. The van der Waals surface area contributed by atoms with E-state index in [4.69, 9.17) is 15.9 Å². The number of aliphatic hydroxyl groups is 1. The van der Waals surface area contributed by atoms with Crippen molar-refractivity contribution in [3.63, 3.8) is 0 Å². The Balaban J connectivity index is -0.000000245. The molecular formula is C4H11KNNaO3. The van der Waals surface area contributed by atoms with Crippen molar-refractivity contribution < 1.29 is 15.0 Å². The summed E-state index contributed by atoms with van der Waals surface area (Å²) in [5, 5.41) is 16.6. The normalized spacial score (nSPS) is 13.9. The van der Waals surface area contributed by atoms with Crippen LogP contribution in [0.3, 0.4) is 0 Å². The summed E-state index contributed by atoms with van der Waals surface area (Å²) in [5.74, 6) is -1.18. The Morgan fingerprint density at radius 2 is 1.90 bits per heavy atom. The molecule has 52 valence electrons. The van der Waals surface area contributed by atoms with Crippen LogP contribution in [0.2, 0.25) is 0 Å². The molecule has 4 nitrogen and oxygen atoms in total. The predicted octanol–water partition coefficient (Wildman–Crippen LogP) is -2.52. The van der Waals surface area contributed by atoms with Crippen LogP contribution in [0.4, 0.5) is 0 Å². The van der Waals surface area contributed by atoms with Crippen LogP contribution in [0.1, 0.15) is 6.92 Å². The number of nitrogens with two attached hydrogens (primary N) is 1. The molecule has 2 unspecified atom stereocenters. The number of aliphatic carboxylic acids is 1. The summed E-state index contributed by atoms with van der Waals surface area (Å²) in [6.07, 6.45) is -0.979. The average molecular weight is 183 g/mol. The monoisotopic (exact) mass is 183 g/mol. The van der Waals surface area contributed by atoms with E-state index in [-0.39, 0.29) is 80.9 Å². The fraction of sp³-hybridized carbons (Fsp3) is 0.750. The van der Waals surface area contributed by atoms with Gasteiger partial charge in [-0.2, -0.15) is 0 Å². The Morgan fingerprint density at radius 3 is 1.90 bits per heavy atom. The molecule has 2 atom stereocenters. The third-order valence-corrected chi connectivity index (χ3v) is 0.805. The topological polar surface area (TPSA) is 83.5 Å². The molecule has 0 fully saturated rings. The quantitative estimate of drug-likeness (QED) is 0.413. The van der Waals surface area contributed by atoms with Gasteiger partial charge in [0.05, 0.1) is 6.10 Å². The summed E-state index contributed by atoms with van der Waals surface area (Å²) in [6.45, 7) is 1.33. The molecule has 4 N–H and O–H groups in total. The van der Waals surface area contributed by atoms with Gasteiger partial charge in [0.15, 0.2) is 0 Å². The molecule has 0 aliphatic rings. The molecule has 0 saturated heterocycles. The van der Waals surface area contributed by atoms with Crippen LogP contribution in [-0.4, -0.2) is 109 Å². The number of hydrogen-bond donors (Lipinski definition) is 3. The summed E-state index contributed by atoms with van der Waals surface area (Å²) >= 11 is 0. The zero-order chi connectivity index (χ0) is 6.73. The minimum absolute atomic E-state index is 0. The van der Waals surface area contributed by atoms with E-state index < -0.39 is 18.1 Å². The second kappa shape index (κ2) is 9.12. The number of carboxylic acid groups (broad SMARTS) is 1. The zero-order valence-electron chi connectivity index (χ0n) is 4.53. The number of hydrogen-bond acceptors (Lipinski definition) is 3. The summed E-state index contributed by atoms with van der Waals surface area (Å²) in [4.78, 5) is 9.86. The Morgan fingerprint density at radius 1 is 1.60 bits per heavy atom. The first kappa shape index (κ1) is 17.9. The van der Waals surface area contributed by atoms with Gasteiger partial charge in [-0.3, -0.25) is 4.79 Å². The first-order valence-corrected chi connectivity index (χ1v) is 2.22. The molecule has 0 aliphatic heterocycles. The van der Waals surface area contributed by atoms with Crippen LogP contribution in [0.15, 0.2) is 0 Å². The first-order valence-electron chi connectivity index (χ1n) is 2.22. The molecule has 10 heavy (non-hydrogen) atoms. The molecule has 0 spiro atoms. The number of aliphatic hydroxyl groups excluding tert-OH is 1. The standard InChI is InChI=1S/C4H9NO3.K.Na.2H/c1-2(6)3(5)4(7)8;;;;/h2-3,6H,5H2,1H3,(H,7,8);;;;. The van der Waals surface area contributed by atoms with Crippen LogP contribution in [0, 0.1) is 0 Å². The zero-order valence-corrected chi connectivity index (χ0v) is 4.53. The van der Waals surface area contributed by atoms with Crippen molar-refractivity contribution >= 4 is 86.9 Å². The van der Waals surface area contributed by atoms with Gasteiger partial charge in [-0.25, -0.2) is 0 Å². The maximum atomic E-state index is 9.86. The summed E-state index contributed by atoms with van der Waals surface area (Å²) in [6, 6.07) is -1.16. The van der Waals surface area contributed by atoms with Crippen LogP contribution in [0.5, 0.6) is 0 Å². The van der Waals surface area contributed by atoms with E-state index in [1.54, 1.807) is 0 Å². The predicted molar refractivity (Wildman–Crippen MR) is 41.6 cm³/mol. The van der Waals surface area contributed by atoms with Gasteiger partial charge < -0.3 is 15.9 Å². The summed E-state index contributed by atoms with van der Waals surface area (Å²) in [5.41, 5.74) is 4.91. The molecule has 0 radical (unpaired) electrons. The number of carboxylic acids is 1. The van der Waals surface area contributed by atoms with Crippen LogP contribution in [-0.2, 0) is 4.79 Å². The molecule has 0 rings (SSSR count). The Hall–Kier alpha value is 2.03. The SMILES string of the molecule is CC(O)C(N)C(=O)O.[KH].[NaH]. The maximum absolute atomic E-state index is 9.86. The van der Waals surface area contributed by atoms with Gasteiger partial charge >= 0.3 is 86.9 Å². The average Bonchev–Trinajstić information content (AvgIpc) is 1.64. The molecule has 0 aromatic carbocycles. The molecule has 0 amide bonds. The van der Waals surface area contributed by atoms with E-state index in [1.165, 1.54) is 6.92 Å². The van der Waals surface area contributed by atoms with Gasteiger partial charge in [-0.1, -0.05) is 0 Å². The number of rotatable bonds is 2. The van der Waals surface area contributed by atoms with Crippen LogP contribution >= 0.6 is 0 Å². The second-order valence-electron chi connectivity index (χ2n) is 1.60. The van der Waals surface area contributed by atoms with Crippen molar-refractivity contribution in [3.05, 3.63) is 0 Å². The van der Waals surface area contributed by atoms with E-state index in [1.807, 2.05) is 0 Å². The van der Waals surface area contributed by atoms with E-state index in [0.717, 1.165) is 0 Å². The molecule has 0 saturated carbocycles. The van der Waals surface area contributed by atoms with Crippen molar-refractivity contribution in [2.24, 2.45) is 5.73 Å². The minimum atomic E-state index is -1.18. The van der Waals surface area contributed by atoms with Crippen molar-refractivity contribution in [1.29, 1.82) is 0 Å². The third-order valence-electron chi connectivity index (χ3n) is 0.805. The Labute approximate surface area is 124 Å². The van der Waals surface area contributed by atoms with Gasteiger partial charge in [-0.15, -0.1) is 0 Å². The van der Waals surface area contributed by atoms with Gasteiger partial charge in [0.1, 0.15) is 6.04 Å². The van der Waals surface area contributed by atoms with E-state index in [9.17, 15) is 4.79 Å². The molecule has 0 aliphatic carbocycles. The molecule has 0 heterocycles. The number of carbonyl (C=O) groups is 1. The van der Waals surface area contributed by atoms with E-state index >= 15 is 0 Å². The van der Waals surface area contributed by atoms with E-state index in [2.05, 4.69) is 0 Å². The van der Waals surface area contributed by atoms with E-state index in [0.29, 0.717) is 0 Å². The fourth-order valence-corrected chi connectivity index (χ4v) is 0.206. The molecule has 6 heteroatoms. The van der Waals surface area contributed by atoms with Crippen molar-refractivity contribution in [1.82, 2.24) is 0 Å². The van der Waals surface area contributed by atoms with Gasteiger partial charge in [0, 0.05) is 0 Å². The van der Waals surface area contributed by atoms with Gasteiger partial charge in [0.2, 0.25) is 0 Å². The van der Waals surface area contributed by atoms with Gasteiger partial charge in [-0.05, 0) is 6.92 Å². The first-order chi connectivity index (χ1) is 3.55. The van der Waals surface area contributed by atoms with Crippen molar-refractivity contribution in [2.75, 3.05) is 0 Å². The molecule has 0 bridgehead atoms. The summed E-state index contributed by atoms with van der Waals surface area (Å²) < 4.78 is 0. The van der Waals surface area contributed by atoms with Crippen molar-refractivity contribution in [3.8, 4) is 0 Å². The molecular weight excluding hydrogens is 172 g/mol. The third kappa shape index (κ3) is 8.13. The molecule has 0 aromatic heterocycles.